The van der Waals surface area contributed by atoms with E-state index in [0.717, 1.165) is 62.6 Å². The first-order valence-electron chi connectivity index (χ1n) is 9.99. The van der Waals surface area contributed by atoms with Gasteiger partial charge in [-0.2, -0.15) is 0 Å². The van der Waals surface area contributed by atoms with Crippen LogP contribution in [-0.4, -0.2) is 48.3 Å². The molecule has 3 heterocycles. The molecule has 2 fully saturated rings. The average Bonchev–Trinajstić information content (AvgIpc) is 3.22. The van der Waals surface area contributed by atoms with Gasteiger partial charge in [-0.05, 0) is 56.5 Å². The molecule has 1 aromatic carbocycles. The average molecular weight is 404 g/mol. The van der Waals surface area contributed by atoms with Crippen molar-refractivity contribution in [3.05, 3.63) is 52.4 Å². The van der Waals surface area contributed by atoms with Gasteiger partial charge in [0.1, 0.15) is 0 Å². The van der Waals surface area contributed by atoms with Crippen molar-refractivity contribution in [3.8, 4) is 0 Å². The van der Waals surface area contributed by atoms with Gasteiger partial charge in [0.15, 0.2) is 0 Å². The molecule has 7 heteroatoms. The summed E-state index contributed by atoms with van der Waals surface area (Å²) in [5.74, 6) is 0.434. The predicted molar refractivity (Wildman–Crippen MR) is 107 cm³/mol. The van der Waals surface area contributed by atoms with Crippen molar-refractivity contribution in [2.75, 3.05) is 26.3 Å². The maximum absolute atomic E-state index is 12.4. The van der Waals surface area contributed by atoms with Crippen LogP contribution in [0.5, 0.6) is 0 Å². The largest absolute Gasteiger partial charge is 0.379 e. The molecular formula is C21H26ClN3O3. The minimum atomic E-state index is -0.200. The summed E-state index contributed by atoms with van der Waals surface area (Å²) in [6, 6.07) is 9.89. The lowest BCUT2D eigenvalue weighted by Crippen LogP contribution is -2.40. The molecule has 4 rings (SSSR count). The Morgan fingerprint density at radius 1 is 1.21 bits per heavy atom. The van der Waals surface area contributed by atoms with Crippen molar-refractivity contribution in [2.45, 2.75) is 44.2 Å². The van der Waals surface area contributed by atoms with Crippen molar-refractivity contribution < 1.29 is 14.1 Å². The lowest BCUT2D eigenvalue weighted by molar-refractivity contribution is 0.0608. The maximum Gasteiger partial charge on any atom is 0.290 e. The molecule has 2 saturated heterocycles. The normalized spacial score (nSPS) is 21.5. The molecule has 0 bridgehead atoms. The highest BCUT2D eigenvalue weighted by Gasteiger charge is 2.26. The highest BCUT2D eigenvalue weighted by atomic mass is 35.5. The number of likely N-dealkylation sites (tertiary alicyclic amines) is 1. The Morgan fingerprint density at radius 2 is 2.00 bits per heavy atom. The zero-order chi connectivity index (χ0) is 19.3. The van der Waals surface area contributed by atoms with Crippen LogP contribution in [0.2, 0.25) is 5.02 Å². The first-order valence-corrected chi connectivity index (χ1v) is 10.4. The number of aromatic nitrogens is 1. The molecule has 2 aliphatic rings. The lowest BCUT2D eigenvalue weighted by Gasteiger charge is -2.31. The minimum Gasteiger partial charge on any atom is -0.379 e. The zero-order valence-corrected chi connectivity index (χ0v) is 16.7. The second-order valence-electron chi connectivity index (χ2n) is 7.68. The predicted octanol–water partition coefficient (Wildman–Crippen LogP) is 3.62. The van der Waals surface area contributed by atoms with Gasteiger partial charge in [-0.3, -0.25) is 9.69 Å². The van der Waals surface area contributed by atoms with Crippen LogP contribution in [0.3, 0.4) is 0 Å². The summed E-state index contributed by atoms with van der Waals surface area (Å²) in [7, 11) is 0. The Morgan fingerprint density at radius 3 is 2.71 bits per heavy atom. The molecule has 0 spiro atoms. The quantitative estimate of drug-likeness (QED) is 0.825. The first-order chi connectivity index (χ1) is 13.7. The number of nitrogens with zero attached hydrogens (tertiary/aromatic N) is 2. The van der Waals surface area contributed by atoms with Gasteiger partial charge in [0, 0.05) is 30.2 Å². The number of carbonyl (C=O) groups excluding carboxylic acids is 1. The fourth-order valence-electron chi connectivity index (χ4n) is 3.93. The van der Waals surface area contributed by atoms with Crippen LogP contribution < -0.4 is 5.32 Å². The number of halogens is 1. The fraction of sp³-hybridized carbons (Fsp3) is 0.524. The topological polar surface area (TPSA) is 67.6 Å². The van der Waals surface area contributed by atoms with Crippen molar-refractivity contribution in [2.24, 2.45) is 0 Å². The van der Waals surface area contributed by atoms with E-state index >= 15 is 0 Å². The van der Waals surface area contributed by atoms with Gasteiger partial charge in [-0.25, -0.2) is 0 Å². The number of benzene rings is 1. The van der Waals surface area contributed by atoms with Gasteiger partial charge in [0.2, 0.25) is 5.76 Å². The van der Waals surface area contributed by atoms with E-state index in [1.165, 1.54) is 5.56 Å². The molecule has 1 N–H and O–H groups in total. The third-order valence-electron chi connectivity index (χ3n) is 5.57. The van der Waals surface area contributed by atoms with Crippen molar-refractivity contribution in [1.29, 1.82) is 0 Å². The molecule has 1 amide bonds. The third kappa shape index (κ3) is 4.93. The number of piperidine rings is 1. The summed E-state index contributed by atoms with van der Waals surface area (Å²) in [4.78, 5) is 14.8. The molecule has 2 aliphatic heterocycles. The van der Waals surface area contributed by atoms with Gasteiger partial charge >= 0.3 is 0 Å². The Bertz CT molecular complexity index is 778. The van der Waals surface area contributed by atoms with Crippen LogP contribution in [0.4, 0.5) is 0 Å². The molecule has 0 radical (unpaired) electrons. The number of amides is 1. The lowest BCUT2D eigenvalue weighted by atomic mass is 9.93. The number of hydrogen-bond donors (Lipinski definition) is 1. The Labute approximate surface area is 170 Å². The van der Waals surface area contributed by atoms with Crippen LogP contribution >= 0.6 is 11.6 Å². The molecule has 150 valence electrons. The highest BCUT2D eigenvalue weighted by molar-refractivity contribution is 6.30. The van der Waals surface area contributed by atoms with Crippen LogP contribution in [0.15, 0.2) is 34.9 Å². The number of carbonyl (C=O) groups is 1. The van der Waals surface area contributed by atoms with Gasteiger partial charge in [-0.1, -0.05) is 28.9 Å². The van der Waals surface area contributed by atoms with E-state index in [1.807, 2.05) is 12.1 Å². The van der Waals surface area contributed by atoms with E-state index in [1.54, 1.807) is 6.07 Å². The van der Waals surface area contributed by atoms with Crippen LogP contribution in [-0.2, 0) is 11.3 Å². The Kier molecular flexibility index (Phi) is 6.29. The molecule has 0 saturated carbocycles. The van der Waals surface area contributed by atoms with Crippen LogP contribution in [0.1, 0.15) is 53.4 Å². The minimum absolute atomic E-state index is 0.0610. The summed E-state index contributed by atoms with van der Waals surface area (Å²) in [6.07, 6.45) is 3.94. The molecular weight excluding hydrogens is 378 g/mol. The van der Waals surface area contributed by atoms with Crippen molar-refractivity contribution >= 4 is 17.5 Å². The molecule has 1 aromatic heterocycles. The van der Waals surface area contributed by atoms with Gasteiger partial charge in [0.25, 0.3) is 5.91 Å². The number of hydrogen-bond acceptors (Lipinski definition) is 5. The van der Waals surface area contributed by atoms with Crippen LogP contribution in [0, 0.1) is 0 Å². The van der Waals surface area contributed by atoms with E-state index in [0.29, 0.717) is 18.3 Å². The summed E-state index contributed by atoms with van der Waals surface area (Å²) >= 11 is 5.96. The second-order valence-corrected chi connectivity index (χ2v) is 8.12. The SMILES string of the molecule is O=C(N[C@H]1CCCOC1)c1cc(C2CCN(Cc3ccc(Cl)cc3)CC2)no1. The maximum atomic E-state index is 12.4. The van der Waals surface area contributed by atoms with Gasteiger partial charge in [-0.15, -0.1) is 0 Å². The fourth-order valence-corrected chi connectivity index (χ4v) is 4.06. The third-order valence-corrected chi connectivity index (χ3v) is 5.82. The van der Waals surface area contributed by atoms with Crippen molar-refractivity contribution in [1.82, 2.24) is 15.4 Å². The zero-order valence-electron chi connectivity index (χ0n) is 15.9. The number of rotatable bonds is 5. The molecule has 1 atom stereocenters. The first kappa shape index (κ1) is 19.4. The Balaban J connectivity index is 1.27. The summed E-state index contributed by atoms with van der Waals surface area (Å²) in [6.45, 7) is 4.27. The van der Waals surface area contributed by atoms with E-state index in [-0.39, 0.29) is 11.9 Å². The summed E-state index contributed by atoms with van der Waals surface area (Å²) in [5, 5.41) is 7.91. The van der Waals surface area contributed by atoms with E-state index < -0.39 is 0 Å². The second kappa shape index (κ2) is 9.07. The summed E-state index contributed by atoms with van der Waals surface area (Å²) in [5.41, 5.74) is 2.16. The number of ether oxygens (including phenoxy) is 1. The summed E-state index contributed by atoms with van der Waals surface area (Å²) < 4.78 is 10.7. The van der Waals surface area contributed by atoms with E-state index in [2.05, 4.69) is 27.5 Å². The Hall–Kier alpha value is -1.89. The van der Waals surface area contributed by atoms with Crippen LogP contribution in [0.25, 0.3) is 0 Å². The molecule has 6 nitrogen and oxygen atoms in total. The standard InChI is InChI=1S/C21H26ClN3O3/c22-17-5-3-15(4-6-17)13-25-9-7-16(8-10-25)19-12-20(28-24-19)21(26)23-18-2-1-11-27-14-18/h3-6,12,16,18H,1-2,7-11,13-14H2,(H,23,26)/t18-/m0/s1. The van der Waals surface area contributed by atoms with Gasteiger partial charge < -0.3 is 14.6 Å². The number of nitrogens with one attached hydrogen (secondary N) is 1. The van der Waals surface area contributed by atoms with E-state index in [4.69, 9.17) is 20.9 Å². The van der Waals surface area contributed by atoms with Crippen molar-refractivity contribution in [3.63, 3.8) is 0 Å². The molecule has 0 aliphatic carbocycles. The molecule has 2 aromatic rings. The molecule has 0 unspecified atom stereocenters. The highest BCUT2D eigenvalue weighted by Crippen LogP contribution is 2.28. The van der Waals surface area contributed by atoms with Gasteiger partial charge in [0.05, 0.1) is 18.3 Å². The smallest absolute Gasteiger partial charge is 0.290 e. The van der Waals surface area contributed by atoms with E-state index in [9.17, 15) is 4.79 Å². The monoisotopic (exact) mass is 403 g/mol. The molecule has 28 heavy (non-hydrogen) atoms.